The third kappa shape index (κ3) is 1.95. The minimum Gasteiger partial charge on any atom is -0.339 e. The van der Waals surface area contributed by atoms with Crippen molar-refractivity contribution >= 4 is 28.4 Å². The first-order chi connectivity index (χ1) is 8.66. The first-order valence-electron chi connectivity index (χ1n) is 5.99. The number of aromatic nitrogens is 1. The molecule has 2 aromatic rings. The number of hydrogen-bond donors (Lipinski definition) is 0. The molecule has 0 unspecified atom stereocenters. The van der Waals surface area contributed by atoms with E-state index in [1.165, 1.54) is 0 Å². The first kappa shape index (κ1) is 11.5. The number of halogens is 1. The van der Waals surface area contributed by atoms with Crippen LogP contribution in [0.3, 0.4) is 0 Å². The zero-order valence-corrected chi connectivity index (χ0v) is 10.8. The van der Waals surface area contributed by atoms with Gasteiger partial charge < -0.3 is 4.90 Å². The third-order valence-corrected chi connectivity index (χ3v) is 3.52. The molecule has 3 nitrogen and oxygen atoms in total. The van der Waals surface area contributed by atoms with Crippen LogP contribution in [0.1, 0.15) is 23.2 Å². The number of carbonyl (C=O) groups is 1. The normalized spacial score (nSPS) is 14.8. The molecule has 1 fully saturated rings. The van der Waals surface area contributed by atoms with E-state index in [1.54, 1.807) is 11.0 Å². The lowest BCUT2D eigenvalue weighted by atomic mass is 10.1. The van der Waals surface area contributed by atoms with E-state index in [2.05, 4.69) is 4.98 Å². The molecule has 1 aromatic carbocycles. The topological polar surface area (TPSA) is 33.2 Å². The van der Waals surface area contributed by atoms with Gasteiger partial charge in [-0.3, -0.25) is 4.79 Å². The van der Waals surface area contributed by atoms with Gasteiger partial charge in [-0.1, -0.05) is 29.8 Å². The lowest BCUT2D eigenvalue weighted by molar-refractivity contribution is 0.0787. The lowest BCUT2D eigenvalue weighted by Crippen LogP contribution is -2.28. The van der Waals surface area contributed by atoms with Crippen molar-refractivity contribution in [3.63, 3.8) is 0 Å². The number of nitrogens with zero attached hydrogens (tertiary/aromatic N) is 2. The van der Waals surface area contributed by atoms with Gasteiger partial charge in [-0.25, -0.2) is 4.98 Å². The maximum Gasteiger partial charge on any atom is 0.254 e. The highest BCUT2D eigenvalue weighted by Crippen LogP contribution is 2.29. The van der Waals surface area contributed by atoms with Crippen LogP contribution < -0.4 is 0 Å². The second-order valence-electron chi connectivity index (χ2n) is 4.66. The Morgan fingerprint density at radius 2 is 2.11 bits per heavy atom. The summed E-state index contributed by atoms with van der Waals surface area (Å²) in [6, 6.07) is 9.63. The molecule has 1 amide bonds. The number of benzene rings is 1. The standard InChI is InChI=1S/C14H13ClN2O/c1-17(9-6-7-9)14(18)11-8-13(15)16-12-5-3-2-4-10(11)12/h2-5,8-9H,6-7H2,1H3. The monoisotopic (exact) mass is 260 g/mol. The van der Waals surface area contributed by atoms with Gasteiger partial charge in [0.25, 0.3) is 5.91 Å². The van der Waals surface area contributed by atoms with Crippen LogP contribution in [0.2, 0.25) is 5.15 Å². The van der Waals surface area contributed by atoms with E-state index in [-0.39, 0.29) is 5.91 Å². The van der Waals surface area contributed by atoms with Crippen molar-refractivity contribution in [2.75, 3.05) is 7.05 Å². The Hall–Kier alpha value is -1.61. The van der Waals surface area contributed by atoms with E-state index < -0.39 is 0 Å². The van der Waals surface area contributed by atoms with Gasteiger partial charge in [-0.15, -0.1) is 0 Å². The molecule has 0 N–H and O–H groups in total. The summed E-state index contributed by atoms with van der Waals surface area (Å²) in [5.41, 5.74) is 1.40. The molecule has 1 aliphatic rings. The van der Waals surface area contributed by atoms with Crippen LogP contribution in [0.15, 0.2) is 30.3 Å². The summed E-state index contributed by atoms with van der Waals surface area (Å²) in [7, 11) is 1.85. The highest BCUT2D eigenvalue weighted by atomic mass is 35.5. The molecule has 0 aliphatic heterocycles. The van der Waals surface area contributed by atoms with Gasteiger partial charge in [-0.05, 0) is 25.0 Å². The Morgan fingerprint density at radius 3 is 2.83 bits per heavy atom. The minimum absolute atomic E-state index is 0.0259. The molecule has 1 aromatic heterocycles. The van der Waals surface area contributed by atoms with E-state index in [0.29, 0.717) is 16.8 Å². The molecule has 1 heterocycles. The molecule has 1 saturated carbocycles. The first-order valence-corrected chi connectivity index (χ1v) is 6.37. The van der Waals surface area contributed by atoms with E-state index >= 15 is 0 Å². The number of pyridine rings is 1. The minimum atomic E-state index is 0.0259. The van der Waals surface area contributed by atoms with Crippen LogP contribution in [-0.4, -0.2) is 28.9 Å². The van der Waals surface area contributed by atoms with Gasteiger partial charge in [0, 0.05) is 18.5 Å². The summed E-state index contributed by atoms with van der Waals surface area (Å²) >= 11 is 5.99. The molecule has 4 heteroatoms. The van der Waals surface area contributed by atoms with Crippen molar-refractivity contribution < 1.29 is 4.79 Å². The van der Waals surface area contributed by atoms with Gasteiger partial charge in [0.15, 0.2) is 0 Å². The highest BCUT2D eigenvalue weighted by molar-refractivity contribution is 6.30. The molecule has 0 bridgehead atoms. The van der Waals surface area contributed by atoms with Crippen LogP contribution in [0.4, 0.5) is 0 Å². The molecular weight excluding hydrogens is 248 g/mol. The Balaban J connectivity index is 2.12. The molecule has 18 heavy (non-hydrogen) atoms. The molecule has 0 atom stereocenters. The quantitative estimate of drug-likeness (QED) is 0.778. The molecule has 92 valence electrons. The van der Waals surface area contributed by atoms with E-state index in [1.807, 2.05) is 31.3 Å². The molecule has 1 aliphatic carbocycles. The summed E-state index contributed by atoms with van der Waals surface area (Å²) < 4.78 is 0. The fourth-order valence-electron chi connectivity index (χ4n) is 2.14. The van der Waals surface area contributed by atoms with E-state index in [9.17, 15) is 4.79 Å². The number of carbonyl (C=O) groups excluding carboxylic acids is 1. The van der Waals surface area contributed by atoms with Gasteiger partial charge in [0.1, 0.15) is 5.15 Å². The molecular formula is C14H13ClN2O. The largest absolute Gasteiger partial charge is 0.339 e. The number of amides is 1. The zero-order chi connectivity index (χ0) is 12.7. The van der Waals surface area contributed by atoms with Crippen LogP contribution >= 0.6 is 11.6 Å². The van der Waals surface area contributed by atoms with E-state index in [4.69, 9.17) is 11.6 Å². The second kappa shape index (κ2) is 4.25. The summed E-state index contributed by atoms with van der Waals surface area (Å²) in [5.74, 6) is 0.0259. The highest BCUT2D eigenvalue weighted by Gasteiger charge is 2.30. The van der Waals surface area contributed by atoms with Crippen molar-refractivity contribution in [2.24, 2.45) is 0 Å². The van der Waals surface area contributed by atoms with E-state index in [0.717, 1.165) is 23.7 Å². The summed E-state index contributed by atoms with van der Waals surface area (Å²) in [5, 5.41) is 1.22. The van der Waals surface area contributed by atoms with Gasteiger partial charge in [0.05, 0.1) is 11.1 Å². The Bertz CT molecular complexity index is 622. The Morgan fingerprint density at radius 1 is 1.39 bits per heavy atom. The SMILES string of the molecule is CN(C(=O)c1cc(Cl)nc2ccccc12)C1CC1. The van der Waals surface area contributed by atoms with Crippen molar-refractivity contribution in [1.29, 1.82) is 0 Å². The van der Waals surface area contributed by atoms with Crippen molar-refractivity contribution in [1.82, 2.24) is 9.88 Å². The number of hydrogen-bond acceptors (Lipinski definition) is 2. The van der Waals surface area contributed by atoms with Crippen molar-refractivity contribution in [3.05, 3.63) is 41.0 Å². The number of fused-ring (bicyclic) bond motifs is 1. The maximum absolute atomic E-state index is 12.4. The molecule has 0 spiro atoms. The number of para-hydroxylation sites is 1. The number of rotatable bonds is 2. The average Bonchev–Trinajstić information content (AvgIpc) is 3.20. The predicted molar refractivity (Wildman–Crippen MR) is 71.9 cm³/mol. The third-order valence-electron chi connectivity index (χ3n) is 3.33. The molecule has 0 saturated heterocycles. The fourth-order valence-corrected chi connectivity index (χ4v) is 2.34. The Labute approximate surface area is 110 Å². The van der Waals surface area contributed by atoms with Crippen LogP contribution in [0.25, 0.3) is 10.9 Å². The van der Waals surface area contributed by atoms with Crippen LogP contribution in [0.5, 0.6) is 0 Å². The molecule has 3 rings (SSSR count). The van der Waals surface area contributed by atoms with Crippen LogP contribution in [-0.2, 0) is 0 Å². The van der Waals surface area contributed by atoms with Gasteiger partial charge in [0.2, 0.25) is 0 Å². The molecule has 0 radical (unpaired) electrons. The lowest BCUT2D eigenvalue weighted by Gasteiger charge is -2.17. The van der Waals surface area contributed by atoms with Crippen molar-refractivity contribution in [3.8, 4) is 0 Å². The average molecular weight is 261 g/mol. The predicted octanol–water partition coefficient (Wildman–Crippen LogP) is 3.12. The van der Waals surface area contributed by atoms with Gasteiger partial charge >= 0.3 is 0 Å². The fraction of sp³-hybridized carbons (Fsp3) is 0.286. The maximum atomic E-state index is 12.4. The van der Waals surface area contributed by atoms with Crippen LogP contribution in [0, 0.1) is 0 Å². The van der Waals surface area contributed by atoms with Gasteiger partial charge in [-0.2, -0.15) is 0 Å². The Kier molecular flexibility index (Phi) is 2.71. The van der Waals surface area contributed by atoms with Crippen molar-refractivity contribution in [2.45, 2.75) is 18.9 Å². The summed E-state index contributed by atoms with van der Waals surface area (Å²) in [6.07, 6.45) is 2.19. The zero-order valence-electron chi connectivity index (χ0n) is 10.1. The second-order valence-corrected chi connectivity index (χ2v) is 5.04. The summed E-state index contributed by atoms with van der Waals surface area (Å²) in [6.45, 7) is 0. The summed E-state index contributed by atoms with van der Waals surface area (Å²) in [4.78, 5) is 18.5. The smallest absolute Gasteiger partial charge is 0.254 e.